The average molecular weight is 219 g/mol. The Morgan fingerprint density at radius 3 is 3.00 bits per heavy atom. The molecule has 82 valence electrons. The molecule has 0 radical (unpaired) electrons. The van der Waals surface area contributed by atoms with E-state index in [1.54, 1.807) is 31.3 Å². The molecule has 0 aliphatic rings. The first-order valence-electron chi connectivity index (χ1n) is 4.94. The maximum absolute atomic E-state index is 13.9. The number of esters is 1. The van der Waals surface area contributed by atoms with Gasteiger partial charge in [0, 0.05) is 11.6 Å². The second kappa shape index (κ2) is 4.26. The number of nitrogens with zero attached hydrogens (tertiary/aromatic N) is 1. The van der Waals surface area contributed by atoms with Crippen LogP contribution in [0.4, 0.5) is 4.39 Å². The molecule has 16 heavy (non-hydrogen) atoms. The Morgan fingerprint density at radius 1 is 1.44 bits per heavy atom. The zero-order chi connectivity index (χ0) is 11.5. The van der Waals surface area contributed by atoms with Crippen molar-refractivity contribution in [2.75, 3.05) is 6.61 Å². The third kappa shape index (κ3) is 1.74. The number of fused-ring (bicyclic) bond motifs is 1. The highest BCUT2D eigenvalue weighted by molar-refractivity contribution is 5.95. The molecule has 1 aromatic carbocycles. The number of halogens is 1. The second-order valence-corrected chi connectivity index (χ2v) is 3.22. The molecule has 0 saturated carbocycles. The van der Waals surface area contributed by atoms with E-state index in [0.717, 1.165) is 0 Å². The Hall–Kier alpha value is -1.97. The number of ether oxygens (including phenoxy) is 1. The molecular formula is C12H10FNO2. The predicted octanol–water partition coefficient (Wildman–Crippen LogP) is 2.55. The van der Waals surface area contributed by atoms with Crippen LogP contribution in [0.25, 0.3) is 10.9 Å². The molecule has 0 amide bonds. The van der Waals surface area contributed by atoms with Gasteiger partial charge in [0.05, 0.1) is 17.7 Å². The smallest absolute Gasteiger partial charge is 0.341 e. The minimum Gasteiger partial charge on any atom is -0.462 e. The van der Waals surface area contributed by atoms with Gasteiger partial charge in [0.25, 0.3) is 0 Å². The Kier molecular flexibility index (Phi) is 2.81. The molecule has 1 heterocycles. The van der Waals surface area contributed by atoms with Gasteiger partial charge in [0.2, 0.25) is 0 Å². The van der Waals surface area contributed by atoms with Crippen LogP contribution >= 0.6 is 0 Å². The van der Waals surface area contributed by atoms with Gasteiger partial charge in [-0.1, -0.05) is 0 Å². The molecule has 0 fully saturated rings. The number of pyridine rings is 1. The van der Waals surface area contributed by atoms with E-state index in [-0.39, 0.29) is 12.2 Å². The first-order chi connectivity index (χ1) is 7.74. The van der Waals surface area contributed by atoms with Crippen LogP contribution in [0.3, 0.4) is 0 Å². The highest BCUT2D eigenvalue weighted by Gasteiger charge is 2.15. The van der Waals surface area contributed by atoms with E-state index < -0.39 is 11.8 Å². The minimum atomic E-state index is -0.647. The predicted molar refractivity (Wildman–Crippen MR) is 57.7 cm³/mol. The molecule has 2 aromatic rings. The van der Waals surface area contributed by atoms with E-state index in [1.807, 2.05) is 0 Å². The fourth-order valence-electron chi connectivity index (χ4n) is 1.48. The number of rotatable bonds is 2. The summed E-state index contributed by atoms with van der Waals surface area (Å²) < 4.78 is 18.7. The van der Waals surface area contributed by atoms with Gasteiger partial charge in [0.15, 0.2) is 0 Å². The van der Waals surface area contributed by atoms with Crippen molar-refractivity contribution in [1.82, 2.24) is 4.98 Å². The van der Waals surface area contributed by atoms with Crippen LogP contribution in [0.5, 0.6) is 0 Å². The summed E-state index contributed by atoms with van der Waals surface area (Å²) >= 11 is 0. The molecule has 2 rings (SSSR count). The second-order valence-electron chi connectivity index (χ2n) is 3.22. The van der Waals surface area contributed by atoms with Crippen molar-refractivity contribution in [2.24, 2.45) is 0 Å². The van der Waals surface area contributed by atoms with Crippen LogP contribution in [0.15, 0.2) is 30.5 Å². The molecular weight excluding hydrogens is 209 g/mol. The first-order valence-corrected chi connectivity index (χ1v) is 4.94. The molecule has 0 spiro atoms. The Balaban J connectivity index is 2.56. The SMILES string of the molecule is CCOC(=O)c1ccc2ncccc2c1F. The van der Waals surface area contributed by atoms with E-state index in [2.05, 4.69) is 4.98 Å². The number of hydrogen-bond donors (Lipinski definition) is 0. The van der Waals surface area contributed by atoms with Crippen LogP contribution in [0.1, 0.15) is 17.3 Å². The molecule has 0 bridgehead atoms. The summed E-state index contributed by atoms with van der Waals surface area (Å²) in [5.74, 6) is -1.23. The van der Waals surface area contributed by atoms with Gasteiger partial charge in [-0.15, -0.1) is 0 Å². The van der Waals surface area contributed by atoms with Gasteiger partial charge in [-0.05, 0) is 31.2 Å². The van der Waals surface area contributed by atoms with Gasteiger partial charge < -0.3 is 4.74 Å². The summed E-state index contributed by atoms with van der Waals surface area (Å²) in [7, 11) is 0. The number of aromatic nitrogens is 1. The van der Waals surface area contributed by atoms with E-state index in [0.29, 0.717) is 10.9 Å². The van der Waals surface area contributed by atoms with Crippen molar-refractivity contribution in [1.29, 1.82) is 0 Å². The number of hydrogen-bond acceptors (Lipinski definition) is 3. The average Bonchev–Trinajstić information content (AvgIpc) is 2.30. The maximum Gasteiger partial charge on any atom is 0.341 e. The van der Waals surface area contributed by atoms with Gasteiger partial charge in [-0.2, -0.15) is 0 Å². The van der Waals surface area contributed by atoms with E-state index in [9.17, 15) is 9.18 Å². The standard InChI is InChI=1S/C12H10FNO2/c1-2-16-12(15)9-5-6-10-8(11(9)13)4-3-7-14-10/h3-7H,2H2,1H3. The lowest BCUT2D eigenvalue weighted by Crippen LogP contribution is -2.07. The largest absolute Gasteiger partial charge is 0.462 e. The molecule has 0 aliphatic carbocycles. The van der Waals surface area contributed by atoms with Crippen molar-refractivity contribution < 1.29 is 13.9 Å². The third-order valence-electron chi connectivity index (χ3n) is 2.21. The van der Waals surface area contributed by atoms with Crippen LogP contribution < -0.4 is 0 Å². The maximum atomic E-state index is 13.9. The Labute approximate surface area is 91.9 Å². The number of carbonyl (C=O) groups excluding carboxylic acids is 1. The van der Waals surface area contributed by atoms with Crippen molar-refractivity contribution in [3.05, 3.63) is 41.8 Å². The molecule has 0 aliphatic heterocycles. The summed E-state index contributed by atoms with van der Waals surface area (Å²) in [6.45, 7) is 1.90. The molecule has 0 unspecified atom stereocenters. The van der Waals surface area contributed by atoms with Gasteiger partial charge >= 0.3 is 5.97 Å². The number of carbonyl (C=O) groups is 1. The Morgan fingerprint density at radius 2 is 2.25 bits per heavy atom. The zero-order valence-electron chi connectivity index (χ0n) is 8.74. The normalized spacial score (nSPS) is 10.4. The summed E-state index contributed by atoms with van der Waals surface area (Å²) in [6.07, 6.45) is 1.58. The van der Waals surface area contributed by atoms with Gasteiger partial charge in [-0.25, -0.2) is 9.18 Å². The van der Waals surface area contributed by atoms with E-state index in [4.69, 9.17) is 4.74 Å². The molecule has 1 aromatic heterocycles. The molecule has 3 nitrogen and oxygen atoms in total. The van der Waals surface area contributed by atoms with Gasteiger partial charge in [0.1, 0.15) is 5.82 Å². The lowest BCUT2D eigenvalue weighted by atomic mass is 10.1. The summed E-state index contributed by atoms with van der Waals surface area (Å²) in [5.41, 5.74) is 0.468. The minimum absolute atomic E-state index is 0.0534. The van der Waals surface area contributed by atoms with Crippen molar-refractivity contribution in [3.8, 4) is 0 Å². The summed E-state index contributed by atoms with van der Waals surface area (Å²) in [4.78, 5) is 15.4. The third-order valence-corrected chi connectivity index (χ3v) is 2.21. The summed E-state index contributed by atoms with van der Waals surface area (Å²) in [5, 5.41) is 0.327. The molecule has 4 heteroatoms. The zero-order valence-corrected chi connectivity index (χ0v) is 8.74. The Bertz CT molecular complexity index is 540. The molecule has 0 N–H and O–H groups in total. The quantitative estimate of drug-likeness (QED) is 0.728. The fourth-order valence-corrected chi connectivity index (χ4v) is 1.48. The van der Waals surface area contributed by atoms with Crippen molar-refractivity contribution in [2.45, 2.75) is 6.92 Å². The monoisotopic (exact) mass is 219 g/mol. The van der Waals surface area contributed by atoms with Crippen LogP contribution in [-0.2, 0) is 4.74 Å². The lowest BCUT2D eigenvalue weighted by Gasteiger charge is -2.05. The van der Waals surface area contributed by atoms with E-state index in [1.165, 1.54) is 6.07 Å². The molecule has 0 saturated heterocycles. The number of benzene rings is 1. The van der Waals surface area contributed by atoms with Crippen molar-refractivity contribution in [3.63, 3.8) is 0 Å². The highest BCUT2D eigenvalue weighted by atomic mass is 19.1. The van der Waals surface area contributed by atoms with Crippen molar-refractivity contribution >= 4 is 16.9 Å². The van der Waals surface area contributed by atoms with Crippen LogP contribution in [-0.4, -0.2) is 17.6 Å². The van der Waals surface area contributed by atoms with E-state index >= 15 is 0 Å². The fraction of sp³-hybridized carbons (Fsp3) is 0.167. The topological polar surface area (TPSA) is 39.2 Å². The molecule has 0 atom stereocenters. The lowest BCUT2D eigenvalue weighted by molar-refractivity contribution is 0.0521. The summed E-state index contributed by atoms with van der Waals surface area (Å²) in [6, 6.07) is 6.20. The van der Waals surface area contributed by atoms with Crippen LogP contribution in [0.2, 0.25) is 0 Å². The first kappa shape index (κ1) is 10.5. The highest BCUT2D eigenvalue weighted by Crippen LogP contribution is 2.19. The van der Waals surface area contributed by atoms with Gasteiger partial charge in [-0.3, -0.25) is 4.98 Å². The van der Waals surface area contributed by atoms with Crippen LogP contribution in [0, 0.1) is 5.82 Å².